The molecule has 0 radical (unpaired) electrons. The number of nitrogens with one attached hydrogen (secondary N) is 3. The first-order chi connectivity index (χ1) is 39.3. The summed E-state index contributed by atoms with van der Waals surface area (Å²) in [4.78, 5) is 58.5. The molecule has 0 atom stereocenters. The van der Waals surface area contributed by atoms with Gasteiger partial charge in [-0.15, -0.1) is 0 Å². The molecule has 83 heavy (non-hydrogen) atoms. The SMILES string of the molecule is Cc1ccc(NC(=O)c2ccnc(C(F)(F)F)c2)cc1-c1cc(C#CC2(N)CC2)nc(N2CCOCC2)c1.Cc1ccc(NC(=O)c2ccnc(C(F)(F)F)c2)cc1-c1cc(C#CC2(NC(=O)OC(C)(C)C)CC2)nc(N2CCOCC2)c1. The molecule has 4 fully saturated rings. The smallest absolute Gasteiger partial charge is 0.433 e. The van der Waals surface area contributed by atoms with E-state index >= 15 is 0 Å². The number of carbonyl (C=O) groups is 3. The van der Waals surface area contributed by atoms with E-state index in [0.717, 1.165) is 76.6 Å². The van der Waals surface area contributed by atoms with Crippen LogP contribution in [0, 0.1) is 37.5 Å². The second kappa shape index (κ2) is 24.1. The summed E-state index contributed by atoms with van der Waals surface area (Å²) in [5, 5.41) is 8.28. The minimum Gasteiger partial charge on any atom is -0.444 e. The first-order valence-corrected chi connectivity index (χ1v) is 26.8. The van der Waals surface area contributed by atoms with Crippen molar-refractivity contribution in [2.24, 2.45) is 5.73 Å². The van der Waals surface area contributed by atoms with E-state index in [1.54, 1.807) is 45.0 Å². The molecule has 0 unspecified atom stereocenters. The van der Waals surface area contributed by atoms with Gasteiger partial charge in [0.15, 0.2) is 0 Å². The highest BCUT2D eigenvalue weighted by molar-refractivity contribution is 6.05. The highest BCUT2D eigenvalue weighted by Gasteiger charge is 2.44. The fourth-order valence-electron chi connectivity index (χ4n) is 8.80. The van der Waals surface area contributed by atoms with Crippen LogP contribution < -0.4 is 31.5 Å². The molecule has 2 aromatic carbocycles. The standard InChI is InChI=1S/C33H34F3N5O4.C28H26F3N5O2/c1-21-5-6-24(39-29(42)22-8-12-37-27(18-22)33(34,35)36)20-26(21)23-17-25(38-28(19-23)41-13-15-44-16-14-41)7-9-32(10-11-32)40-30(43)45-31(2,3)4;1-18-2-3-21(35-26(37)19-5-9-33-24(15-19)28(29,30)31)17-23(18)20-14-22(4-6-27(32)7-8-27)34-25(16-20)36-10-12-38-13-11-36/h5-6,8,12,17-20H,10-11,13-16H2,1-4H3,(H,39,42)(H,40,43);2-3,5,9,14-17H,7-8,10-13,32H2,1H3,(H,35,37). The van der Waals surface area contributed by atoms with Gasteiger partial charge in [0.25, 0.3) is 11.8 Å². The fraction of sp³-hybridized carbons (Fsp3) is 0.361. The Morgan fingerprint density at radius 3 is 1.43 bits per heavy atom. The van der Waals surface area contributed by atoms with E-state index < -0.39 is 58.3 Å². The fourth-order valence-corrected chi connectivity index (χ4v) is 8.80. The van der Waals surface area contributed by atoms with Gasteiger partial charge in [0.1, 0.15) is 45.6 Å². The Bertz CT molecular complexity index is 3560. The van der Waals surface area contributed by atoms with E-state index in [4.69, 9.17) is 29.9 Å². The van der Waals surface area contributed by atoms with Crippen LogP contribution in [0.15, 0.2) is 97.3 Å². The molecule has 0 spiro atoms. The van der Waals surface area contributed by atoms with E-state index in [0.29, 0.717) is 94.0 Å². The average molecular weight is 1140 g/mol. The van der Waals surface area contributed by atoms with Gasteiger partial charge in [-0.25, -0.2) is 14.8 Å². The predicted molar refractivity (Wildman–Crippen MR) is 301 cm³/mol. The number of rotatable bonds is 9. The van der Waals surface area contributed by atoms with Gasteiger partial charge < -0.3 is 45.7 Å². The monoisotopic (exact) mass is 1140 g/mol. The maximum absolute atomic E-state index is 13.1. The van der Waals surface area contributed by atoms with E-state index in [-0.39, 0.29) is 11.1 Å². The molecule has 432 valence electrons. The Morgan fingerprint density at radius 1 is 0.602 bits per heavy atom. The number of carbonyl (C=O) groups excluding carboxylic acids is 3. The molecule has 2 saturated carbocycles. The third-order valence-corrected chi connectivity index (χ3v) is 13.7. The maximum atomic E-state index is 13.1. The van der Waals surface area contributed by atoms with Crippen LogP contribution in [0.2, 0.25) is 0 Å². The minimum atomic E-state index is -4.67. The molecule has 10 rings (SSSR count). The highest BCUT2D eigenvalue weighted by Crippen LogP contribution is 2.37. The number of ether oxygens (including phenoxy) is 3. The zero-order chi connectivity index (χ0) is 59.3. The van der Waals surface area contributed by atoms with E-state index in [1.807, 2.05) is 50.2 Å². The number of hydrogen-bond acceptors (Lipinski definition) is 13. The molecule has 2 aliphatic heterocycles. The second-order valence-corrected chi connectivity index (χ2v) is 21.6. The Morgan fingerprint density at radius 2 is 1.04 bits per heavy atom. The normalized spacial score (nSPS) is 16.1. The number of morpholine rings is 2. The van der Waals surface area contributed by atoms with Crippen molar-refractivity contribution in [3.63, 3.8) is 0 Å². The summed E-state index contributed by atoms with van der Waals surface area (Å²) in [5.74, 6) is 12.7. The van der Waals surface area contributed by atoms with Crippen LogP contribution in [0.25, 0.3) is 22.3 Å². The molecule has 6 aromatic rings. The Kier molecular flexibility index (Phi) is 17.1. The molecule has 4 aliphatic rings. The molecule has 2 saturated heterocycles. The van der Waals surface area contributed by atoms with Gasteiger partial charge in [0, 0.05) is 61.1 Å². The molecule has 0 bridgehead atoms. The van der Waals surface area contributed by atoms with Crippen LogP contribution in [0.1, 0.15) is 101 Å². The van der Waals surface area contributed by atoms with Gasteiger partial charge in [-0.1, -0.05) is 24.0 Å². The third kappa shape index (κ3) is 15.9. The number of amides is 3. The summed E-state index contributed by atoms with van der Waals surface area (Å²) in [6.45, 7) is 14.3. The van der Waals surface area contributed by atoms with Gasteiger partial charge >= 0.3 is 18.4 Å². The Balaban J connectivity index is 0.000000202. The number of hydrogen-bond donors (Lipinski definition) is 4. The van der Waals surface area contributed by atoms with Crippen LogP contribution >= 0.6 is 0 Å². The van der Waals surface area contributed by atoms with Gasteiger partial charge in [-0.05, 0) is 178 Å². The average Bonchev–Trinajstić information content (AvgIpc) is 4.56. The first kappa shape index (κ1) is 59.1. The van der Waals surface area contributed by atoms with Crippen molar-refractivity contribution in [3.8, 4) is 45.9 Å². The quantitative estimate of drug-likeness (QED) is 0.0788. The van der Waals surface area contributed by atoms with E-state index in [2.05, 4.69) is 59.4 Å². The lowest BCUT2D eigenvalue weighted by atomic mass is 9.99. The third-order valence-electron chi connectivity index (χ3n) is 13.7. The predicted octanol–water partition coefficient (Wildman–Crippen LogP) is 10.4. The van der Waals surface area contributed by atoms with Crippen LogP contribution in [-0.4, -0.2) is 107 Å². The second-order valence-electron chi connectivity index (χ2n) is 21.6. The number of halogens is 6. The topological polar surface area (TPSA) is 199 Å². The van der Waals surface area contributed by atoms with Crippen LogP contribution in [-0.2, 0) is 26.6 Å². The molecule has 6 heterocycles. The number of pyridine rings is 4. The summed E-state index contributed by atoms with van der Waals surface area (Å²) in [7, 11) is 0. The highest BCUT2D eigenvalue weighted by atomic mass is 19.4. The molecule has 5 N–H and O–H groups in total. The van der Waals surface area contributed by atoms with Crippen molar-refractivity contribution in [2.45, 2.75) is 89.3 Å². The number of benzene rings is 2. The van der Waals surface area contributed by atoms with E-state index in [1.165, 1.54) is 12.1 Å². The number of nitrogens with zero attached hydrogens (tertiary/aromatic N) is 6. The summed E-state index contributed by atoms with van der Waals surface area (Å²) < 4.78 is 94.9. The van der Waals surface area contributed by atoms with Gasteiger partial charge in [0.05, 0.1) is 32.0 Å². The van der Waals surface area contributed by atoms with Crippen molar-refractivity contribution in [1.29, 1.82) is 0 Å². The lowest BCUT2D eigenvalue weighted by Gasteiger charge is -2.28. The molecular weight excluding hydrogens is 1080 g/mol. The Labute approximate surface area is 475 Å². The molecule has 22 heteroatoms. The summed E-state index contributed by atoms with van der Waals surface area (Å²) >= 11 is 0. The molecule has 16 nitrogen and oxygen atoms in total. The minimum absolute atomic E-state index is 0.138. The van der Waals surface area contributed by atoms with Crippen molar-refractivity contribution in [1.82, 2.24) is 25.3 Å². The summed E-state index contributed by atoms with van der Waals surface area (Å²) in [5.41, 5.74) is 8.87. The first-order valence-electron chi connectivity index (χ1n) is 26.8. The number of aromatic nitrogens is 4. The number of alkyl carbamates (subject to hydrolysis) is 1. The van der Waals surface area contributed by atoms with Crippen molar-refractivity contribution >= 4 is 40.9 Å². The number of aryl methyl sites for hydroxylation is 2. The van der Waals surface area contributed by atoms with Crippen molar-refractivity contribution < 1.29 is 54.9 Å². The van der Waals surface area contributed by atoms with Gasteiger partial charge in [-0.3, -0.25) is 19.6 Å². The zero-order valence-electron chi connectivity index (χ0n) is 46.2. The largest absolute Gasteiger partial charge is 0.444 e. The summed E-state index contributed by atoms with van der Waals surface area (Å²) in [6.07, 6.45) is -4.80. The lowest BCUT2D eigenvalue weighted by molar-refractivity contribution is -0.142. The number of anilines is 4. The van der Waals surface area contributed by atoms with Crippen LogP contribution in [0.5, 0.6) is 0 Å². The van der Waals surface area contributed by atoms with Crippen LogP contribution in [0.4, 0.5) is 54.1 Å². The molecule has 3 amide bonds. The maximum Gasteiger partial charge on any atom is 0.433 e. The molecule has 4 aromatic heterocycles. The number of nitrogens with two attached hydrogens (primary N) is 1. The lowest BCUT2D eigenvalue weighted by Crippen LogP contribution is -2.40. The van der Waals surface area contributed by atoms with Gasteiger partial charge in [0.2, 0.25) is 0 Å². The number of alkyl halides is 6. The molecular formula is C61H60F6N10O6. The van der Waals surface area contributed by atoms with Crippen molar-refractivity contribution in [2.75, 3.05) is 73.0 Å². The van der Waals surface area contributed by atoms with Crippen LogP contribution in [0.3, 0.4) is 0 Å². The van der Waals surface area contributed by atoms with Crippen molar-refractivity contribution in [3.05, 3.63) is 142 Å². The molecule has 2 aliphatic carbocycles. The summed E-state index contributed by atoms with van der Waals surface area (Å²) in [6, 6.07) is 22.2. The Hall–Kier alpha value is -8.57. The zero-order valence-corrected chi connectivity index (χ0v) is 46.2. The van der Waals surface area contributed by atoms with E-state index in [9.17, 15) is 40.7 Å². The van der Waals surface area contributed by atoms with Gasteiger partial charge in [-0.2, -0.15) is 26.3 Å².